The Morgan fingerprint density at radius 2 is 2.00 bits per heavy atom. The van der Waals surface area contributed by atoms with Crippen molar-refractivity contribution in [1.29, 1.82) is 0 Å². The maximum atomic E-state index is 11.7. The van der Waals surface area contributed by atoms with Crippen LogP contribution in [0.15, 0.2) is 59.0 Å². The number of rotatable bonds is 7. The summed E-state index contributed by atoms with van der Waals surface area (Å²) < 4.78 is 16.7. The lowest BCUT2D eigenvalue weighted by molar-refractivity contribution is -0.141. The Kier molecular flexibility index (Phi) is 6.14. The first-order valence-electron chi connectivity index (χ1n) is 10.2. The SMILES string of the molecule is COC(=O)C[C@H]1CNC[C@H]1c1cccc(OCc2nc(-c3ccccc3)oc2C)c1. The van der Waals surface area contributed by atoms with Crippen molar-refractivity contribution < 1.29 is 18.7 Å². The fourth-order valence-electron chi connectivity index (χ4n) is 3.89. The van der Waals surface area contributed by atoms with Gasteiger partial charge in [0.15, 0.2) is 0 Å². The van der Waals surface area contributed by atoms with Gasteiger partial charge in [-0.05, 0) is 49.2 Å². The molecule has 0 saturated carbocycles. The highest BCUT2D eigenvalue weighted by Gasteiger charge is 2.30. The number of hydrogen-bond acceptors (Lipinski definition) is 6. The van der Waals surface area contributed by atoms with Crippen LogP contribution in [-0.2, 0) is 16.1 Å². The van der Waals surface area contributed by atoms with Crippen molar-refractivity contribution in [3.63, 3.8) is 0 Å². The molecular weight excluding hydrogens is 380 g/mol. The van der Waals surface area contributed by atoms with Crippen molar-refractivity contribution >= 4 is 5.97 Å². The molecular formula is C24H26N2O4. The Balaban J connectivity index is 1.44. The first kappa shape index (κ1) is 20.2. The van der Waals surface area contributed by atoms with Crippen LogP contribution in [0.4, 0.5) is 0 Å². The fraction of sp³-hybridized carbons (Fsp3) is 0.333. The Morgan fingerprint density at radius 3 is 2.80 bits per heavy atom. The lowest BCUT2D eigenvalue weighted by atomic mass is 9.87. The molecule has 4 rings (SSSR count). The number of hydrogen-bond donors (Lipinski definition) is 1. The number of carbonyl (C=O) groups excluding carboxylic acids is 1. The van der Waals surface area contributed by atoms with Gasteiger partial charge in [-0.25, -0.2) is 4.98 Å². The third kappa shape index (κ3) is 4.54. The number of benzene rings is 2. The summed E-state index contributed by atoms with van der Waals surface area (Å²) in [7, 11) is 1.43. The minimum absolute atomic E-state index is 0.170. The van der Waals surface area contributed by atoms with Gasteiger partial charge in [-0.3, -0.25) is 4.79 Å². The monoisotopic (exact) mass is 406 g/mol. The largest absolute Gasteiger partial charge is 0.487 e. The zero-order valence-corrected chi connectivity index (χ0v) is 17.3. The second-order valence-electron chi connectivity index (χ2n) is 7.55. The van der Waals surface area contributed by atoms with Crippen molar-refractivity contribution in [3.05, 3.63) is 71.6 Å². The van der Waals surface area contributed by atoms with Gasteiger partial charge in [0.05, 0.1) is 13.5 Å². The van der Waals surface area contributed by atoms with Gasteiger partial charge in [0.1, 0.15) is 23.8 Å². The van der Waals surface area contributed by atoms with Crippen LogP contribution in [0.3, 0.4) is 0 Å². The highest BCUT2D eigenvalue weighted by molar-refractivity contribution is 5.69. The van der Waals surface area contributed by atoms with Crippen LogP contribution in [-0.4, -0.2) is 31.2 Å². The molecule has 6 nitrogen and oxygen atoms in total. The standard InChI is InChI=1S/C24H26N2O4/c1-16-22(26-24(30-16)17-7-4-3-5-8-17)15-29-20-10-6-9-18(11-20)21-14-25-13-19(21)12-23(27)28-2/h3-11,19,21,25H,12-15H2,1-2H3/t19-,21-/m0/s1. The summed E-state index contributed by atoms with van der Waals surface area (Å²) in [5, 5.41) is 3.38. The van der Waals surface area contributed by atoms with Crippen LogP contribution in [0.5, 0.6) is 5.75 Å². The number of nitrogens with one attached hydrogen (secondary N) is 1. The molecule has 3 aromatic rings. The summed E-state index contributed by atoms with van der Waals surface area (Å²) in [6.07, 6.45) is 0.416. The van der Waals surface area contributed by atoms with E-state index in [1.807, 2.05) is 49.4 Å². The summed E-state index contributed by atoms with van der Waals surface area (Å²) in [4.78, 5) is 16.3. The molecule has 0 spiro atoms. The molecule has 30 heavy (non-hydrogen) atoms. The van der Waals surface area contributed by atoms with E-state index in [4.69, 9.17) is 13.9 Å². The van der Waals surface area contributed by atoms with E-state index >= 15 is 0 Å². The van der Waals surface area contributed by atoms with Crippen molar-refractivity contribution in [2.75, 3.05) is 20.2 Å². The summed E-state index contributed by atoms with van der Waals surface area (Å²) in [6, 6.07) is 17.9. The zero-order chi connectivity index (χ0) is 20.9. The number of methoxy groups -OCH3 is 1. The molecule has 0 aliphatic carbocycles. The number of oxazole rings is 1. The van der Waals surface area contributed by atoms with Crippen LogP contribution in [0.1, 0.15) is 29.4 Å². The first-order valence-corrected chi connectivity index (χ1v) is 10.2. The summed E-state index contributed by atoms with van der Waals surface area (Å²) >= 11 is 0. The van der Waals surface area contributed by atoms with Gasteiger partial charge < -0.3 is 19.2 Å². The molecule has 2 aromatic carbocycles. The van der Waals surface area contributed by atoms with Crippen molar-refractivity contribution in [2.24, 2.45) is 5.92 Å². The average Bonchev–Trinajstić information content (AvgIpc) is 3.39. The molecule has 1 aromatic heterocycles. The minimum atomic E-state index is -0.170. The molecule has 1 aliphatic heterocycles. The van der Waals surface area contributed by atoms with E-state index in [1.165, 1.54) is 7.11 Å². The number of esters is 1. The number of carbonyl (C=O) groups is 1. The molecule has 6 heteroatoms. The quantitative estimate of drug-likeness (QED) is 0.596. The Bertz CT molecular complexity index is 999. The molecule has 0 bridgehead atoms. The lowest BCUT2D eigenvalue weighted by Crippen LogP contribution is -2.16. The molecule has 156 valence electrons. The van der Waals surface area contributed by atoms with Crippen LogP contribution < -0.4 is 10.1 Å². The van der Waals surface area contributed by atoms with E-state index in [1.54, 1.807) is 0 Å². The third-order valence-corrected chi connectivity index (χ3v) is 5.57. The minimum Gasteiger partial charge on any atom is -0.487 e. The Morgan fingerprint density at radius 1 is 1.17 bits per heavy atom. The van der Waals surface area contributed by atoms with Crippen LogP contribution in [0, 0.1) is 12.8 Å². The third-order valence-electron chi connectivity index (χ3n) is 5.57. The van der Waals surface area contributed by atoms with E-state index in [0.717, 1.165) is 41.4 Å². The highest BCUT2D eigenvalue weighted by atomic mass is 16.5. The van der Waals surface area contributed by atoms with E-state index in [-0.39, 0.29) is 17.8 Å². The summed E-state index contributed by atoms with van der Waals surface area (Å²) in [5.74, 6) is 2.44. The van der Waals surface area contributed by atoms with Gasteiger partial charge in [0, 0.05) is 18.0 Å². The topological polar surface area (TPSA) is 73.6 Å². The maximum Gasteiger partial charge on any atom is 0.305 e. The number of aryl methyl sites for hydroxylation is 1. The van der Waals surface area contributed by atoms with Crippen LogP contribution in [0.2, 0.25) is 0 Å². The van der Waals surface area contributed by atoms with E-state index in [0.29, 0.717) is 18.9 Å². The van der Waals surface area contributed by atoms with Gasteiger partial charge in [0.25, 0.3) is 0 Å². The Hall–Kier alpha value is -3.12. The average molecular weight is 406 g/mol. The number of nitrogens with zero attached hydrogens (tertiary/aromatic N) is 1. The molecule has 1 aliphatic rings. The van der Waals surface area contributed by atoms with Crippen LogP contribution >= 0.6 is 0 Å². The summed E-state index contributed by atoms with van der Waals surface area (Å²) in [6.45, 7) is 3.88. The molecule has 1 saturated heterocycles. The second-order valence-corrected chi connectivity index (χ2v) is 7.55. The number of ether oxygens (including phenoxy) is 2. The van der Waals surface area contributed by atoms with Gasteiger partial charge in [-0.1, -0.05) is 30.3 Å². The van der Waals surface area contributed by atoms with Gasteiger partial charge >= 0.3 is 5.97 Å². The van der Waals surface area contributed by atoms with Gasteiger partial charge in [0.2, 0.25) is 5.89 Å². The smallest absolute Gasteiger partial charge is 0.305 e. The van der Waals surface area contributed by atoms with Crippen molar-refractivity contribution in [3.8, 4) is 17.2 Å². The molecule has 0 unspecified atom stereocenters. The normalized spacial score (nSPS) is 18.3. The predicted molar refractivity (Wildman–Crippen MR) is 113 cm³/mol. The predicted octanol–water partition coefficient (Wildman–Crippen LogP) is 4.10. The molecule has 2 atom stereocenters. The van der Waals surface area contributed by atoms with Gasteiger partial charge in [-0.2, -0.15) is 0 Å². The van der Waals surface area contributed by atoms with Crippen molar-refractivity contribution in [1.82, 2.24) is 10.3 Å². The lowest BCUT2D eigenvalue weighted by Gasteiger charge is -2.18. The van der Waals surface area contributed by atoms with E-state index in [9.17, 15) is 4.79 Å². The molecule has 0 amide bonds. The Labute approximate surface area is 176 Å². The van der Waals surface area contributed by atoms with Gasteiger partial charge in [-0.15, -0.1) is 0 Å². The molecule has 2 heterocycles. The highest BCUT2D eigenvalue weighted by Crippen LogP contribution is 2.32. The zero-order valence-electron chi connectivity index (χ0n) is 17.3. The molecule has 0 radical (unpaired) electrons. The van der Waals surface area contributed by atoms with E-state index in [2.05, 4.69) is 22.4 Å². The van der Waals surface area contributed by atoms with Crippen molar-refractivity contribution in [2.45, 2.75) is 25.9 Å². The summed E-state index contributed by atoms with van der Waals surface area (Å²) in [5.41, 5.74) is 2.89. The molecule has 1 N–H and O–H groups in total. The molecule has 1 fully saturated rings. The fourth-order valence-corrected chi connectivity index (χ4v) is 3.89. The van der Waals surface area contributed by atoms with E-state index < -0.39 is 0 Å². The number of aromatic nitrogens is 1. The van der Waals surface area contributed by atoms with Crippen LogP contribution in [0.25, 0.3) is 11.5 Å². The maximum absolute atomic E-state index is 11.7. The first-order chi connectivity index (χ1) is 14.6. The second kappa shape index (κ2) is 9.13.